The molecule has 132 valence electrons. The fourth-order valence-corrected chi connectivity index (χ4v) is 2.12. The summed E-state index contributed by atoms with van der Waals surface area (Å²) in [4.78, 5) is 4.27. The molecule has 1 rings (SSSR count). The van der Waals surface area contributed by atoms with Crippen molar-refractivity contribution in [3.05, 3.63) is 0 Å². The van der Waals surface area contributed by atoms with E-state index >= 15 is 0 Å². The number of hydrogen-bond donors (Lipinski definition) is 2. The van der Waals surface area contributed by atoms with Gasteiger partial charge in [0.15, 0.2) is 5.96 Å². The number of halogens is 1. The maximum Gasteiger partial charge on any atom is 0.188 e. The summed E-state index contributed by atoms with van der Waals surface area (Å²) in [6.45, 7) is 8.37. The fraction of sp³-hybridized carbons (Fsp3) is 0.933. The standard InChI is InChI=1S/C15H31N3O3.HI/c1-2-19-9-3-7-17-15(16)18-8-4-10-21-13-14-5-11-20-12-6-14;/h14H,2-13H2,1H3,(H3,16,17,18);1H. The van der Waals surface area contributed by atoms with Crippen LogP contribution in [0, 0.1) is 5.92 Å². The van der Waals surface area contributed by atoms with E-state index in [2.05, 4.69) is 10.3 Å². The van der Waals surface area contributed by atoms with E-state index in [4.69, 9.17) is 19.9 Å². The predicted molar refractivity (Wildman–Crippen MR) is 100.0 cm³/mol. The minimum Gasteiger partial charge on any atom is -0.382 e. The third-order valence-electron chi connectivity index (χ3n) is 3.40. The Labute approximate surface area is 151 Å². The topological polar surface area (TPSA) is 78.1 Å². The second-order valence-corrected chi connectivity index (χ2v) is 5.23. The predicted octanol–water partition coefficient (Wildman–Crippen LogP) is 1.77. The molecule has 0 aromatic carbocycles. The van der Waals surface area contributed by atoms with Gasteiger partial charge in [-0.05, 0) is 38.5 Å². The monoisotopic (exact) mass is 429 g/mol. The second-order valence-electron chi connectivity index (χ2n) is 5.23. The van der Waals surface area contributed by atoms with Gasteiger partial charge in [-0.3, -0.25) is 4.99 Å². The average molecular weight is 429 g/mol. The Morgan fingerprint density at radius 3 is 2.68 bits per heavy atom. The Balaban J connectivity index is 0.00000441. The molecule has 1 heterocycles. The molecule has 0 atom stereocenters. The van der Waals surface area contributed by atoms with Crippen LogP contribution in [-0.2, 0) is 14.2 Å². The van der Waals surface area contributed by atoms with Gasteiger partial charge in [0, 0.05) is 52.7 Å². The zero-order valence-corrected chi connectivity index (χ0v) is 16.1. The lowest BCUT2D eigenvalue weighted by atomic mass is 10.0. The number of aliphatic imine (C=N–C) groups is 1. The third-order valence-corrected chi connectivity index (χ3v) is 3.40. The molecular weight excluding hydrogens is 397 g/mol. The van der Waals surface area contributed by atoms with Gasteiger partial charge in [-0.15, -0.1) is 24.0 Å². The Kier molecular flexibility index (Phi) is 15.7. The van der Waals surface area contributed by atoms with E-state index < -0.39 is 0 Å². The molecule has 1 fully saturated rings. The van der Waals surface area contributed by atoms with Crippen molar-refractivity contribution < 1.29 is 14.2 Å². The summed E-state index contributed by atoms with van der Waals surface area (Å²) in [5.41, 5.74) is 5.76. The molecule has 0 bridgehead atoms. The third kappa shape index (κ3) is 12.4. The van der Waals surface area contributed by atoms with Gasteiger partial charge in [-0.25, -0.2) is 0 Å². The van der Waals surface area contributed by atoms with Crippen molar-refractivity contribution in [3.8, 4) is 0 Å². The Morgan fingerprint density at radius 1 is 1.23 bits per heavy atom. The zero-order chi connectivity index (χ0) is 15.2. The molecule has 0 radical (unpaired) electrons. The summed E-state index contributed by atoms with van der Waals surface area (Å²) in [5, 5.41) is 3.08. The van der Waals surface area contributed by atoms with Gasteiger partial charge in [0.2, 0.25) is 0 Å². The number of nitrogens with two attached hydrogens (primary N) is 1. The highest BCUT2D eigenvalue weighted by Gasteiger charge is 2.13. The van der Waals surface area contributed by atoms with Crippen molar-refractivity contribution in [2.45, 2.75) is 32.6 Å². The minimum absolute atomic E-state index is 0. The molecule has 1 aliphatic heterocycles. The molecule has 0 amide bonds. The fourth-order valence-electron chi connectivity index (χ4n) is 2.12. The number of nitrogens with zero attached hydrogens (tertiary/aromatic N) is 1. The SMILES string of the molecule is CCOCCCNC(N)=NCCCOCC1CCOCC1.I. The summed E-state index contributed by atoms with van der Waals surface area (Å²) >= 11 is 0. The smallest absolute Gasteiger partial charge is 0.188 e. The first-order chi connectivity index (χ1) is 10.3. The summed E-state index contributed by atoms with van der Waals surface area (Å²) in [6.07, 6.45) is 4.09. The van der Waals surface area contributed by atoms with Crippen molar-refractivity contribution >= 4 is 29.9 Å². The molecule has 7 heteroatoms. The first-order valence-electron chi connectivity index (χ1n) is 8.10. The lowest BCUT2D eigenvalue weighted by molar-refractivity contribution is 0.0205. The summed E-state index contributed by atoms with van der Waals surface area (Å²) in [6, 6.07) is 0. The molecule has 1 saturated heterocycles. The van der Waals surface area contributed by atoms with Gasteiger partial charge in [-0.2, -0.15) is 0 Å². The zero-order valence-electron chi connectivity index (χ0n) is 13.7. The Bertz CT molecular complexity index is 275. The summed E-state index contributed by atoms with van der Waals surface area (Å²) in [5.74, 6) is 1.18. The van der Waals surface area contributed by atoms with Gasteiger partial charge in [0.25, 0.3) is 0 Å². The molecule has 22 heavy (non-hydrogen) atoms. The normalized spacial score (nSPS) is 16.3. The molecule has 0 aromatic rings. The minimum atomic E-state index is 0. The van der Waals surface area contributed by atoms with E-state index in [9.17, 15) is 0 Å². The van der Waals surface area contributed by atoms with E-state index in [1.165, 1.54) is 0 Å². The van der Waals surface area contributed by atoms with Gasteiger partial charge in [-0.1, -0.05) is 0 Å². The van der Waals surface area contributed by atoms with E-state index in [1.54, 1.807) is 0 Å². The Morgan fingerprint density at radius 2 is 1.95 bits per heavy atom. The molecule has 1 aliphatic rings. The maximum atomic E-state index is 5.76. The number of hydrogen-bond acceptors (Lipinski definition) is 4. The van der Waals surface area contributed by atoms with E-state index in [1.807, 2.05) is 6.92 Å². The van der Waals surface area contributed by atoms with Crippen molar-refractivity contribution in [2.75, 3.05) is 52.7 Å². The Hall–Kier alpha value is -0.120. The number of guanidine groups is 1. The molecule has 0 spiro atoms. The van der Waals surface area contributed by atoms with E-state index in [0.29, 0.717) is 18.4 Å². The number of ether oxygens (including phenoxy) is 3. The van der Waals surface area contributed by atoms with Crippen molar-refractivity contribution in [1.29, 1.82) is 0 Å². The lowest BCUT2D eigenvalue weighted by Crippen LogP contribution is -2.33. The largest absolute Gasteiger partial charge is 0.382 e. The van der Waals surface area contributed by atoms with Gasteiger partial charge in [0.05, 0.1) is 0 Å². The van der Waals surface area contributed by atoms with Crippen LogP contribution < -0.4 is 11.1 Å². The first kappa shape index (κ1) is 21.9. The molecular formula is C15H32IN3O3. The molecule has 0 saturated carbocycles. The molecule has 3 N–H and O–H groups in total. The van der Waals surface area contributed by atoms with Crippen LogP contribution in [0.5, 0.6) is 0 Å². The van der Waals surface area contributed by atoms with E-state index in [0.717, 1.165) is 71.9 Å². The van der Waals surface area contributed by atoms with Crippen LogP contribution in [0.3, 0.4) is 0 Å². The van der Waals surface area contributed by atoms with Crippen molar-refractivity contribution in [1.82, 2.24) is 5.32 Å². The highest BCUT2D eigenvalue weighted by Crippen LogP contribution is 2.14. The van der Waals surface area contributed by atoms with Crippen LogP contribution in [0.15, 0.2) is 4.99 Å². The van der Waals surface area contributed by atoms with Crippen molar-refractivity contribution in [3.63, 3.8) is 0 Å². The first-order valence-corrected chi connectivity index (χ1v) is 8.10. The molecule has 6 nitrogen and oxygen atoms in total. The molecule has 0 aliphatic carbocycles. The number of nitrogens with one attached hydrogen (secondary N) is 1. The quantitative estimate of drug-likeness (QED) is 0.227. The van der Waals surface area contributed by atoms with Gasteiger partial charge >= 0.3 is 0 Å². The maximum absolute atomic E-state index is 5.76. The highest BCUT2D eigenvalue weighted by molar-refractivity contribution is 14.0. The lowest BCUT2D eigenvalue weighted by Gasteiger charge is -2.21. The van der Waals surface area contributed by atoms with E-state index in [-0.39, 0.29) is 24.0 Å². The van der Waals surface area contributed by atoms with Gasteiger partial charge < -0.3 is 25.3 Å². The summed E-state index contributed by atoms with van der Waals surface area (Å²) in [7, 11) is 0. The van der Waals surface area contributed by atoms with Crippen LogP contribution in [-0.4, -0.2) is 58.7 Å². The number of rotatable bonds is 11. The summed E-state index contributed by atoms with van der Waals surface area (Å²) < 4.78 is 16.2. The average Bonchev–Trinajstić information content (AvgIpc) is 2.51. The second kappa shape index (κ2) is 15.8. The van der Waals surface area contributed by atoms with Gasteiger partial charge in [0.1, 0.15) is 0 Å². The van der Waals surface area contributed by atoms with Crippen LogP contribution in [0.1, 0.15) is 32.6 Å². The van der Waals surface area contributed by atoms with Crippen LogP contribution in [0.25, 0.3) is 0 Å². The highest BCUT2D eigenvalue weighted by atomic mass is 127. The molecule has 0 unspecified atom stereocenters. The van der Waals surface area contributed by atoms with Crippen LogP contribution in [0.2, 0.25) is 0 Å². The van der Waals surface area contributed by atoms with Crippen LogP contribution in [0.4, 0.5) is 0 Å². The van der Waals surface area contributed by atoms with Crippen LogP contribution >= 0.6 is 24.0 Å². The molecule has 0 aromatic heterocycles. The van der Waals surface area contributed by atoms with Crippen molar-refractivity contribution in [2.24, 2.45) is 16.6 Å².